The Labute approximate surface area is 68.9 Å². The van der Waals surface area contributed by atoms with Crippen LogP contribution < -0.4 is 5.73 Å². The van der Waals surface area contributed by atoms with Crippen LogP contribution in [0.5, 0.6) is 0 Å². The lowest BCUT2D eigenvalue weighted by Gasteiger charge is -2.26. The zero-order valence-electron chi connectivity index (χ0n) is 7.89. The molecule has 0 aromatic carbocycles. The highest BCUT2D eigenvalue weighted by atomic mass is 16.5. The van der Waals surface area contributed by atoms with E-state index in [4.69, 9.17) is 15.2 Å². The van der Waals surface area contributed by atoms with Crippen LogP contribution in [0.1, 0.15) is 20.3 Å². The Morgan fingerprint density at radius 3 is 2.18 bits per heavy atom. The number of methoxy groups -OCH3 is 2. The van der Waals surface area contributed by atoms with Crippen LogP contribution in [0.15, 0.2) is 0 Å². The Morgan fingerprint density at radius 1 is 1.36 bits per heavy atom. The predicted octanol–water partition coefficient (Wildman–Crippen LogP) is 0.775. The maximum absolute atomic E-state index is 5.46. The van der Waals surface area contributed by atoms with E-state index >= 15 is 0 Å². The van der Waals surface area contributed by atoms with Gasteiger partial charge in [0.2, 0.25) is 0 Å². The van der Waals surface area contributed by atoms with Gasteiger partial charge >= 0.3 is 0 Å². The zero-order chi connectivity index (χ0) is 8.91. The van der Waals surface area contributed by atoms with Crippen molar-refractivity contribution in [1.82, 2.24) is 0 Å². The molecule has 0 amide bonds. The molecule has 1 unspecified atom stereocenters. The largest absolute Gasteiger partial charge is 0.380 e. The van der Waals surface area contributed by atoms with Gasteiger partial charge in [0.15, 0.2) is 0 Å². The highest BCUT2D eigenvalue weighted by molar-refractivity contribution is 4.74. The normalized spacial score (nSPS) is 15.0. The second-order valence-corrected chi connectivity index (χ2v) is 3.26. The molecule has 68 valence electrons. The summed E-state index contributed by atoms with van der Waals surface area (Å²) < 4.78 is 10.4. The third-order valence-electron chi connectivity index (χ3n) is 1.87. The monoisotopic (exact) mass is 161 g/mol. The van der Waals surface area contributed by atoms with Gasteiger partial charge in [-0.2, -0.15) is 0 Å². The Kier molecular flexibility index (Phi) is 4.65. The first-order valence-corrected chi connectivity index (χ1v) is 3.83. The summed E-state index contributed by atoms with van der Waals surface area (Å²) >= 11 is 0. The van der Waals surface area contributed by atoms with Gasteiger partial charge in [0.1, 0.15) is 0 Å². The van der Waals surface area contributed by atoms with Gasteiger partial charge < -0.3 is 15.2 Å². The van der Waals surface area contributed by atoms with E-state index in [0.29, 0.717) is 6.54 Å². The smallest absolute Gasteiger partial charge is 0.0720 e. The topological polar surface area (TPSA) is 44.5 Å². The van der Waals surface area contributed by atoms with Crippen LogP contribution in [0.3, 0.4) is 0 Å². The number of ether oxygens (including phenoxy) is 2. The molecule has 0 saturated heterocycles. The first-order valence-electron chi connectivity index (χ1n) is 3.83. The van der Waals surface area contributed by atoms with E-state index in [-0.39, 0.29) is 11.7 Å². The number of hydrogen-bond acceptors (Lipinski definition) is 3. The van der Waals surface area contributed by atoms with Crippen molar-refractivity contribution in [2.24, 2.45) is 5.73 Å². The molecule has 0 rings (SSSR count). The van der Waals surface area contributed by atoms with Crippen molar-refractivity contribution in [1.29, 1.82) is 0 Å². The average Bonchev–Trinajstić information content (AvgIpc) is 2.00. The average molecular weight is 161 g/mol. The van der Waals surface area contributed by atoms with E-state index in [1.165, 1.54) is 0 Å². The Morgan fingerprint density at radius 2 is 1.91 bits per heavy atom. The fraction of sp³-hybridized carbons (Fsp3) is 1.00. The molecule has 0 aliphatic rings. The lowest BCUT2D eigenvalue weighted by molar-refractivity contribution is -0.0286. The van der Waals surface area contributed by atoms with Crippen LogP contribution in [-0.2, 0) is 9.47 Å². The molecule has 0 fully saturated rings. The molecule has 0 aliphatic heterocycles. The summed E-state index contributed by atoms with van der Waals surface area (Å²) in [4.78, 5) is 0. The van der Waals surface area contributed by atoms with Gasteiger partial charge in [-0.25, -0.2) is 0 Å². The minimum absolute atomic E-state index is 0.102. The van der Waals surface area contributed by atoms with E-state index in [0.717, 1.165) is 6.42 Å². The summed E-state index contributed by atoms with van der Waals surface area (Å²) in [5, 5.41) is 0. The standard InChI is InChI=1S/C8H19NO2/c1-8(2,11-4)5-7(6-9)10-3/h7H,5-6,9H2,1-4H3. The molecular weight excluding hydrogens is 142 g/mol. The SMILES string of the molecule is COC(CN)CC(C)(C)OC. The van der Waals surface area contributed by atoms with E-state index < -0.39 is 0 Å². The fourth-order valence-corrected chi connectivity index (χ4v) is 0.895. The van der Waals surface area contributed by atoms with E-state index in [1.807, 2.05) is 13.8 Å². The summed E-state index contributed by atoms with van der Waals surface area (Å²) in [6, 6.07) is 0. The highest BCUT2D eigenvalue weighted by Crippen LogP contribution is 2.16. The molecule has 0 spiro atoms. The third-order valence-corrected chi connectivity index (χ3v) is 1.87. The Balaban J connectivity index is 3.79. The van der Waals surface area contributed by atoms with Gasteiger partial charge in [0.25, 0.3) is 0 Å². The van der Waals surface area contributed by atoms with Gasteiger partial charge in [0, 0.05) is 27.2 Å². The second kappa shape index (κ2) is 4.70. The van der Waals surface area contributed by atoms with E-state index in [1.54, 1.807) is 14.2 Å². The summed E-state index contributed by atoms with van der Waals surface area (Å²) in [5.41, 5.74) is 5.33. The molecule has 0 heterocycles. The molecule has 11 heavy (non-hydrogen) atoms. The van der Waals surface area contributed by atoms with Crippen LogP contribution in [-0.4, -0.2) is 32.5 Å². The summed E-state index contributed by atoms with van der Waals surface area (Å²) in [6.07, 6.45) is 0.932. The van der Waals surface area contributed by atoms with Crippen LogP contribution in [0.25, 0.3) is 0 Å². The van der Waals surface area contributed by atoms with Gasteiger partial charge in [0.05, 0.1) is 11.7 Å². The maximum atomic E-state index is 5.46. The third kappa shape index (κ3) is 4.35. The van der Waals surface area contributed by atoms with Gasteiger partial charge in [-0.3, -0.25) is 0 Å². The van der Waals surface area contributed by atoms with Gasteiger partial charge in [-0.1, -0.05) is 0 Å². The van der Waals surface area contributed by atoms with Crippen LogP contribution in [0.4, 0.5) is 0 Å². The maximum Gasteiger partial charge on any atom is 0.0720 e. The molecular formula is C8H19NO2. The molecule has 0 saturated carbocycles. The van der Waals surface area contributed by atoms with Crippen molar-refractivity contribution in [3.8, 4) is 0 Å². The molecule has 0 bridgehead atoms. The molecule has 0 aliphatic carbocycles. The van der Waals surface area contributed by atoms with Crippen molar-refractivity contribution >= 4 is 0 Å². The lowest BCUT2D eigenvalue weighted by Crippen LogP contribution is -2.34. The number of hydrogen-bond donors (Lipinski definition) is 1. The van der Waals surface area contributed by atoms with Crippen molar-refractivity contribution in [3.05, 3.63) is 0 Å². The first-order chi connectivity index (χ1) is 5.05. The molecule has 0 aromatic heterocycles. The van der Waals surface area contributed by atoms with Crippen molar-refractivity contribution < 1.29 is 9.47 Å². The van der Waals surface area contributed by atoms with E-state index in [2.05, 4.69) is 0 Å². The molecule has 0 aromatic rings. The molecule has 3 heteroatoms. The quantitative estimate of drug-likeness (QED) is 0.648. The van der Waals surface area contributed by atoms with Crippen LogP contribution >= 0.6 is 0 Å². The number of nitrogens with two attached hydrogens (primary N) is 1. The van der Waals surface area contributed by atoms with Gasteiger partial charge in [-0.05, 0) is 13.8 Å². The fourth-order valence-electron chi connectivity index (χ4n) is 0.895. The summed E-state index contributed by atoms with van der Waals surface area (Å²) in [5.74, 6) is 0. The summed E-state index contributed by atoms with van der Waals surface area (Å²) in [6.45, 7) is 4.59. The minimum Gasteiger partial charge on any atom is -0.380 e. The predicted molar refractivity (Wildman–Crippen MR) is 45.6 cm³/mol. The van der Waals surface area contributed by atoms with Crippen molar-refractivity contribution in [2.45, 2.75) is 32.0 Å². The Hall–Kier alpha value is -0.120. The minimum atomic E-state index is -0.139. The van der Waals surface area contributed by atoms with Crippen LogP contribution in [0, 0.1) is 0 Å². The number of rotatable bonds is 5. The van der Waals surface area contributed by atoms with Gasteiger partial charge in [-0.15, -0.1) is 0 Å². The van der Waals surface area contributed by atoms with Crippen molar-refractivity contribution in [2.75, 3.05) is 20.8 Å². The van der Waals surface area contributed by atoms with E-state index in [9.17, 15) is 0 Å². The Bertz CT molecular complexity index is 100. The molecule has 2 N–H and O–H groups in total. The molecule has 3 nitrogen and oxygen atoms in total. The zero-order valence-corrected chi connectivity index (χ0v) is 7.89. The van der Waals surface area contributed by atoms with Crippen LogP contribution in [0.2, 0.25) is 0 Å². The first kappa shape index (κ1) is 10.9. The molecule has 1 atom stereocenters. The molecule has 0 radical (unpaired) electrons. The van der Waals surface area contributed by atoms with Crippen molar-refractivity contribution in [3.63, 3.8) is 0 Å². The second-order valence-electron chi connectivity index (χ2n) is 3.26. The summed E-state index contributed by atoms with van der Waals surface area (Å²) in [7, 11) is 3.37. The highest BCUT2D eigenvalue weighted by Gasteiger charge is 2.21. The lowest BCUT2D eigenvalue weighted by atomic mass is 10.0.